The minimum absolute atomic E-state index is 0.0415. The molecule has 0 atom stereocenters. The maximum absolute atomic E-state index is 12.5. The topological polar surface area (TPSA) is 99.2 Å². The number of amides is 1. The summed E-state index contributed by atoms with van der Waals surface area (Å²) in [7, 11) is 1.62. The van der Waals surface area contributed by atoms with Crippen molar-refractivity contribution in [3.05, 3.63) is 48.2 Å². The smallest absolute Gasteiger partial charge is 0.221 e. The van der Waals surface area contributed by atoms with E-state index in [1.165, 1.54) is 18.7 Å². The Morgan fingerprint density at radius 3 is 2.64 bits per heavy atom. The molecule has 0 saturated carbocycles. The number of thioether (sulfide) groups is 1. The zero-order valence-corrected chi connectivity index (χ0v) is 16.4. The SMILES string of the molecule is COCCn1c(SCC(=O)c2ccc(NC(C)=O)cc2)nnc1-c1ccco1. The van der Waals surface area contributed by atoms with E-state index in [4.69, 9.17) is 9.15 Å². The summed E-state index contributed by atoms with van der Waals surface area (Å²) in [5.41, 5.74) is 1.22. The Balaban J connectivity index is 1.69. The van der Waals surface area contributed by atoms with Crippen molar-refractivity contribution >= 4 is 29.1 Å². The van der Waals surface area contributed by atoms with E-state index in [0.717, 1.165) is 0 Å². The molecule has 0 unspecified atom stereocenters. The van der Waals surface area contributed by atoms with E-state index in [1.54, 1.807) is 43.7 Å². The van der Waals surface area contributed by atoms with Crippen LogP contribution < -0.4 is 5.32 Å². The third-order valence-electron chi connectivity index (χ3n) is 3.84. The number of benzene rings is 1. The number of hydrogen-bond acceptors (Lipinski definition) is 7. The lowest BCUT2D eigenvalue weighted by Gasteiger charge is -2.08. The van der Waals surface area contributed by atoms with Crippen LogP contribution in [0.25, 0.3) is 11.6 Å². The van der Waals surface area contributed by atoms with Crippen LogP contribution in [0.5, 0.6) is 0 Å². The fourth-order valence-corrected chi connectivity index (χ4v) is 3.38. The molecule has 0 fully saturated rings. The van der Waals surface area contributed by atoms with Crippen LogP contribution in [-0.4, -0.2) is 45.9 Å². The highest BCUT2D eigenvalue weighted by atomic mass is 32.2. The van der Waals surface area contributed by atoms with Crippen LogP contribution in [0.15, 0.2) is 52.2 Å². The first-order chi connectivity index (χ1) is 13.6. The van der Waals surface area contributed by atoms with Crippen molar-refractivity contribution in [1.82, 2.24) is 14.8 Å². The average molecular weight is 400 g/mol. The molecule has 1 amide bonds. The van der Waals surface area contributed by atoms with Gasteiger partial charge in [-0.15, -0.1) is 10.2 Å². The minimum Gasteiger partial charge on any atom is -0.461 e. The van der Waals surface area contributed by atoms with Crippen molar-refractivity contribution in [2.45, 2.75) is 18.6 Å². The zero-order chi connectivity index (χ0) is 19.9. The molecule has 0 aliphatic heterocycles. The van der Waals surface area contributed by atoms with Crippen molar-refractivity contribution in [1.29, 1.82) is 0 Å². The van der Waals surface area contributed by atoms with Gasteiger partial charge in [0.05, 0.1) is 25.2 Å². The van der Waals surface area contributed by atoms with Gasteiger partial charge in [0, 0.05) is 25.3 Å². The molecule has 0 saturated heterocycles. The second-order valence-electron chi connectivity index (χ2n) is 5.90. The van der Waals surface area contributed by atoms with Crippen molar-refractivity contribution in [3.8, 4) is 11.6 Å². The van der Waals surface area contributed by atoms with Crippen LogP contribution in [0, 0.1) is 0 Å². The van der Waals surface area contributed by atoms with Crippen molar-refractivity contribution < 1.29 is 18.7 Å². The lowest BCUT2D eigenvalue weighted by molar-refractivity contribution is -0.114. The Morgan fingerprint density at radius 2 is 2.00 bits per heavy atom. The number of hydrogen-bond donors (Lipinski definition) is 1. The number of carbonyl (C=O) groups excluding carboxylic acids is 2. The van der Waals surface area contributed by atoms with Gasteiger partial charge in [0.1, 0.15) is 0 Å². The van der Waals surface area contributed by atoms with E-state index in [9.17, 15) is 9.59 Å². The summed E-state index contributed by atoms with van der Waals surface area (Å²) >= 11 is 1.31. The molecular formula is C19H20N4O4S. The predicted octanol–water partition coefficient (Wildman–Crippen LogP) is 3.12. The van der Waals surface area contributed by atoms with Gasteiger partial charge in [0.2, 0.25) is 11.7 Å². The summed E-state index contributed by atoms with van der Waals surface area (Å²) in [6.07, 6.45) is 1.58. The molecule has 28 heavy (non-hydrogen) atoms. The number of ketones is 1. The number of nitrogens with one attached hydrogen (secondary N) is 1. The Kier molecular flexibility index (Phi) is 6.62. The van der Waals surface area contributed by atoms with Gasteiger partial charge in [0.25, 0.3) is 0 Å². The fourth-order valence-electron chi connectivity index (χ4n) is 2.52. The standard InChI is InChI=1S/C19H20N4O4S/c1-13(24)20-15-7-5-14(6-8-15)16(25)12-28-19-22-21-18(17-4-3-10-27-17)23(19)9-11-26-2/h3-8,10H,9,11-12H2,1-2H3,(H,20,24). The Labute approximate surface area is 166 Å². The largest absolute Gasteiger partial charge is 0.461 e. The van der Waals surface area contributed by atoms with Crippen molar-refractivity contribution in [2.75, 3.05) is 24.8 Å². The first-order valence-corrected chi connectivity index (χ1v) is 9.56. The number of methoxy groups -OCH3 is 1. The maximum Gasteiger partial charge on any atom is 0.221 e. The summed E-state index contributed by atoms with van der Waals surface area (Å²) in [6.45, 7) is 2.46. The van der Waals surface area contributed by atoms with Gasteiger partial charge in [-0.3, -0.25) is 14.2 Å². The van der Waals surface area contributed by atoms with E-state index < -0.39 is 0 Å². The third-order valence-corrected chi connectivity index (χ3v) is 4.80. The Hall–Kier alpha value is -2.91. The molecule has 3 aromatic rings. The lowest BCUT2D eigenvalue weighted by Crippen LogP contribution is -2.09. The summed E-state index contributed by atoms with van der Waals surface area (Å²) in [5, 5.41) is 11.7. The maximum atomic E-state index is 12.5. The molecule has 2 aromatic heterocycles. The zero-order valence-electron chi connectivity index (χ0n) is 15.5. The number of carbonyl (C=O) groups is 2. The van der Waals surface area contributed by atoms with Crippen LogP contribution in [0.4, 0.5) is 5.69 Å². The number of nitrogens with zero attached hydrogens (tertiary/aromatic N) is 3. The highest BCUT2D eigenvalue weighted by Gasteiger charge is 2.17. The van der Waals surface area contributed by atoms with Crippen LogP contribution in [-0.2, 0) is 16.1 Å². The molecule has 8 nitrogen and oxygen atoms in total. The van der Waals surface area contributed by atoms with Crippen molar-refractivity contribution in [2.24, 2.45) is 0 Å². The molecule has 146 valence electrons. The fraction of sp³-hybridized carbons (Fsp3) is 0.263. The first-order valence-electron chi connectivity index (χ1n) is 8.58. The van der Waals surface area contributed by atoms with E-state index >= 15 is 0 Å². The Morgan fingerprint density at radius 1 is 1.21 bits per heavy atom. The lowest BCUT2D eigenvalue weighted by atomic mass is 10.1. The first kappa shape index (κ1) is 19.8. The van der Waals surface area contributed by atoms with Gasteiger partial charge in [-0.1, -0.05) is 11.8 Å². The molecule has 0 aliphatic rings. The monoisotopic (exact) mass is 400 g/mol. The van der Waals surface area contributed by atoms with Gasteiger partial charge < -0.3 is 14.5 Å². The summed E-state index contributed by atoms with van der Waals surface area (Å²) < 4.78 is 12.5. The predicted molar refractivity (Wildman–Crippen MR) is 105 cm³/mol. The number of anilines is 1. The van der Waals surface area contributed by atoms with Crippen LogP contribution in [0.3, 0.4) is 0 Å². The quantitative estimate of drug-likeness (QED) is 0.435. The van der Waals surface area contributed by atoms with E-state index in [2.05, 4.69) is 15.5 Å². The number of rotatable bonds is 9. The van der Waals surface area contributed by atoms with Crippen molar-refractivity contribution in [3.63, 3.8) is 0 Å². The highest BCUT2D eigenvalue weighted by Crippen LogP contribution is 2.25. The molecule has 0 spiro atoms. The summed E-state index contributed by atoms with van der Waals surface area (Å²) in [4.78, 5) is 23.6. The molecule has 3 rings (SSSR count). The molecule has 0 radical (unpaired) electrons. The average Bonchev–Trinajstić information content (AvgIpc) is 3.34. The summed E-state index contributed by atoms with van der Waals surface area (Å²) in [6, 6.07) is 10.4. The van der Waals surface area contributed by atoms with E-state index in [-0.39, 0.29) is 17.4 Å². The van der Waals surface area contributed by atoms with Gasteiger partial charge in [-0.05, 0) is 36.4 Å². The van der Waals surface area contributed by atoms with Gasteiger partial charge >= 0.3 is 0 Å². The Bertz CT molecular complexity index is 936. The molecule has 1 N–H and O–H groups in total. The molecule has 9 heteroatoms. The number of Topliss-reactive ketones (excluding diaryl/α,β-unsaturated/α-hetero) is 1. The molecule has 0 aliphatic carbocycles. The minimum atomic E-state index is -0.155. The number of aromatic nitrogens is 3. The van der Waals surface area contributed by atoms with E-state index in [0.29, 0.717) is 41.1 Å². The molecule has 0 bridgehead atoms. The molecular weight excluding hydrogens is 380 g/mol. The van der Waals surface area contributed by atoms with Crippen LogP contribution in [0.1, 0.15) is 17.3 Å². The summed E-state index contributed by atoms with van der Waals surface area (Å²) in [5.74, 6) is 1.22. The molecule has 2 heterocycles. The van der Waals surface area contributed by atoms with E-state index in [1.807, 2.05) is 10.6 Å². The highest BCUT2D eigenvalue weighted by molar-refractivity contribution is 7.99. The number of furan rings is 1. The normalized spacial score (nSPS) is 10.8. The number of ether oxygens (including phenoxy) is 1. The van der Waals surface area contributed by atoms with Crippen LogP contribution >= 0.6 is 11.8 Å². The van der Waals surface area contributed by atoms with Gasteiger partial charge in [-0.2, -0.15) is 0 Å². The molecule has 1 aromatic carbocycles. The third kappa shape index (κ3) is 4.87. The van der Waals surface area contributed by atoms with Crippen LogP contribution in [0.2, 0.25) is 0 Å². The van der Waals surface area contributed by atoms with Gasteiger partial charge in [-0.25, -0.2) is 0 Å². The second kappa shape index (κ2) is 9.34. The second-order valence-corrected chi connectivity index (χ2v) is 6.84. The van der Waals surface area contributed by atoms with Gasteiger partial charge in [0.15, 0.2) is 16.7 Å².